The monoisotopic (exact) mass is 740 g/mol. The van der Waals surface area contributed by atoms with Crippen LogP contribution in [-0.4, -0.2) is 19.9 Å². The Kier molecular flexibility index (Phi) is 33.6. The Morgan fingerprint density at radius 1 is 0.585 bits per heavy atom. The van der Waals surface area contributed by atoms with Crippen molar-refractivity contribution in [2.45, 2.75) is 258 Å². The molecule has 3 aliphatic carbocycles. The van der Waals surface area contributed by atoms with Crippen molar-refractivity contribution in [1.29, 1.82) is 0 Å². The summed E-state index contributed by atoms with van der Waals surface area (Å²) in [5.41, 5.74) is 3.70. The molecule has 0 spiro atoms. The van der Waals surface area contributed by atoms with Crippen LogP contribution >= 0.6 is 0 Å². The number of rotatable bonds is 37. The van der Waals surface area contributed by atoms with Crippen molar-refractivity contribution in [2.75, 3.05) is 13.6 Å². The molecule has 0 amide bonds. The molecule has 1 unspecified atom stereocenters. The predicted molar refractivity (Wildman–Crippen MR) is 239 cm³/mol. The SMILES string of the molecule is C=C(CCCCCCCC(CCCCCCCC)CC(=C)CCCNC)CCCC(CCCCC)CCCCC.O=CCCCC12CCC(CC1)CC2. The average Bonchev–Trinajstić information content (AvgIpc) is 3.16. The maximum absolute atomic E-state index is 10.2. The Bertz CT molecular complexity index is 813. The van der Waals surface area contributed by atoms with E-state index in [4.69, 9.17) is 0 Å². The highest BCUT2D eigenvalue weighted by Gasteiger charge is 2.39. The van der Waals surface area contributed by atoms with Crippen molar-refractivity contribution >= 4 is 6.29 Å². The van der Waals surface area contributed by atoms with E-state index in [0.29, 0.717) is 5.41 Å². The minimum absolute atomic E-state index is 0.678. The summed E-state index contributed by atoms with van der Waals surface area (Å²) in [5, 5.41) is 3.28. The minimum atomic E-state index is 0.678. The van der Waals surface area contributed by atoms with Crippen molar-refractivity contribution in [2.24, 2.45) is 23.2 Å². The van der Waals surface area contributed by atoms with Crippen LogP contribution in [0.2, 0.25) is 0 Å². The zero-order valence-corrected chi connectivity index (χ0v) is 37.0. The molecule has 53 heavy (non-hydrogen) atoms. The van der Waals surface area contributed by atoms with Crippen LogP contribution in [0.5, 0.6) is 0 Å². The van der Waals surface area contributed by atoms with Gasteiger partial charge in [-0.3, -0.25) is 0 Å². The summed E-state index contributed by atoms with van der Waals surface area (Å²) >= 11 is 0. The number of carbonyl (C=O) groups excluding carboxylic acids is 1. The fourth-order valence-corrected chi connectivity index (χ4v) is 9.76. The lowest BCUT2D eigenvalue weighted by atomic mass is 9.59. The third-order valence-electron chi connectivity index (χ3n) is 13.5. The summed E-state index contributed by atoms with van der Waals surface area (Å²) in [7, 11) is 2.06. The smallest absolute Gasteiger partial charge is 0.119 e. The summed E-state index contributed by atoms with van der Waals surface area (Å²) in [6, 6.07) is 0. The first-order chi connectivity index (χ1) is 25.9. The van der Waals surface area contributed by atoms with Crippen molar-refractivity contribution in [3.63, 3.8) is 0 Å². The highest BCUT2D eigenvalue weighted by molar-refractivity contribution is 5.48. The van der Waals surface area contributed by atoms with Crippen LogP contribution in [0.1, 0.15) is 258 Å². The van der Waals surface area contributed by atoms with Crippen molar-refractivity contribution in [3.8, 4) is 0 Å². The molecule has 3 aliphatic rings. The van der Waals surface area contributed by atoms with Gasteiger partial charge in [-0.25, -0.2) is 0 Å². The molecule has 312 valence electrons. The molecular formula is C51H97NO. The molecule has 3 saturated carbocycles. The lowest BCUT2D eigenvalue weighted by molar-refractivity contribution is -0.108. The molecule has 2 bridgehead atoms. The number of fused-ring (bicyclic) bond motifs is 3. The van der Waals surface area contributed by atoms with Crippen LogP contribution in [0.3, 0.4) is 0 Å². The van der Waals surface area contributed by atoms with Crippen LogP contribution in [0.25, 0.3) is 0 Å². The van der Waals surface area contributed by atoms with E-state index in [2.05, 4.69) is 46.3 Å². The predicted octanol–water partition coefficient (Wildman–Crippen LogP) is 16.9. The number of hydrogen-bond donors (Lipinski definition) is 1. The largest absolute Gasteiger partial charge is 0.320 e. The molecule has 2 heteroatoms. The first kappa shape index (κ1) is 50.1. The number of nitrogens with one attached hydrogen (secondary N) is 1. The third-order valence-corrected chi connectivity index (χ3v) is 13.5. The molecule has 0 radical (unpaired) electrons. The highest BCUT2D eigenvalue weighted by atomic mass is 16.1. The number of allylic oxidation sites excluding steroid dienone is 2. The van der Waals surface area contributed by atoms with Crippen molar-refractivity contribution in [1.82, 2.24) is 5.32 Å². The molecule has 0 aromatic heterocycles. The molecule has 2 nitrogen and oxygen atoms in total. The molecule has 0 saturated heterocycles. The Balaban J connectivity index is 0.000000888. The second kappa shape index (κ2) is 35.5. The summed E-state index contributed by atoms with van der Waals surface area (Å²) in [5.74, 6) is 2.91. The third kappa shape index (κ3) is 28.2. The second-order valence-electron chi connectivity index (χ2n) is 18.4. The zero-order chi connectivity index (χ0) is 38.7. The van der Waals surface area contributed by atoms with E-state index < -0.39 is 0 Å². The summed E-state index contributed by atoms with van der Waals surface area (Å²) in [6.07, 6.45) is 51.9. The van der Waals surface area contributed by atoms with E-state index >= 15 is 0 Å². The van der Waals surface area contributed by atoms with Crippen LogP contribution < -0.4 is 5.32 Å². The number of unbranched alkanes of at least 4 members (excludes halogenated alkanes) is 14. The molecule has 1 N–H and O–H groups in total. The second-order valence-corrected chi connectivity index (χ2v) is 18.4. The van der Waals surface area contributed by atoms with Crippen LogP contribution in [0, 0.1) is 23.2 Å². The molecule has 3 rings (SSSR count). The molecule has 1 atom stereocenters. The van der Waals surface area contributed by atoms with E-state index in [1.807, 2.05) is 0 Å². The van der Waals surface area contributed by atoms with E-state index in [-0.39, 0.29) is 0 Å². The van der Waals surface area contributed by atoms with Gasteiger partial charge in [-0.1, -0.05) is 180 Å². The maximum atomic E-state index is 10.2. The Morgan fingerprint density at radius 3 is 1.60 bits per heavy atom. The molecule has 0 aromatic rings. The maximum Gasteiger partial charge on any atom is 0.119 e. The standard InChI is InChI=1S/C39H77N.C12H20O/c1-7-10-13-14-17-22-31-39(35-37(5)28-25-34-40-6)32-23-18-15-16-21-26-36(4)27-24-33-38(29-19-11-8-2)30-20-12-9-3;13-10-2-1-6-12-7-3-11(4-8-12)5-9-12/h38-40H,4-5,7-35H2,1-3,6H3;10-11H,1-9H2. The van der Waals surface area contributed by atoms with Gasteiger partial charge in [0.1, 0.15) is 6.29 Å². The Morgan fingerprint density at radius 2 is 1.04 bits per heavy atom. The zero-order valence-electron chi connectivity index (χ0n) is 37.0. The lowest BCUT2D eigenvalue weighted by Crippen LogP contribution is -2.33. The van der Waals surface area contributed by atoms with Gasteiger partial charge >= 0.3 is 0 Å². The average molecular weight is 740 g/mol. The van der Waals surface area contributed by atoms with E-state index in [1.165, 1.54) is 236 Å². The topological polar surface area (TPSA) is 29.1 Å². The van der Waals surface area contributed by atoms with Gasteiger partial charge in [-0.15, -0.1) is 0 Å². The highest BCUT2D eigenvalue weighted by Crippen LogP contribution is 2.52. The fraction of sp³-hybridized carbons (Fsp3) is 0.902. The number of hydrogen-bond acceptors (Lipinski definition) is 2. The van der Waals surface area contributed by atoms with Crippen molar-refractivity contribution in [3.05, 3.63) is 24.3 Å². The summed E-state index contributed by atoms with van der Waals surface area (Å²) in [6.45, 7) is 17.0. The quantitative estimate of drug-likeness (QED) is 0.0390. The number of carbonyl (C=O) groups is 1. The Labute approximate surface area is 334 Å². The van der Waals surface area contributed by atoms with Gasteiger partial charge in [0.2, 0.25) is 0 Å². The minimum Gasteiger partial charge on any atom is -0.320 e. The number of aldehydes is 1. The normalized spacial score (nSPS) is 18.5. The molecule has 3 fully saturated rings. The fourth-order valence-electron chi connectivity index (χ4n) is 9.76. The summed E-state index contributed by atoms with van der Waals surface area (Å²) < 4.78 is 0. The Hall–Kier alpha value is -0.890. The first-order valence-corrected chi connectivity index (χ1v) is 24.3. The van der Waals surface area contributed by atoms with Crippen LogP contribution in [-0.2, 0) is 4.79 Å². The van der Waals surface area contributed by atoms with Gasteiger partial charge in [0, 0.05) is 6.42 Å². The van der Waals surface area contributed by atoms with E-state index in [1.54, 1.807) is 0 Å². The molecule has 0 aliphatic heterocycles. The van der Waals surface area contributed by atoms with Gasteiger partial charge in [0.15, 0.2) is 0 Å². The van der Waals surface area contributed by atoms with Crippen molar-refractivity contribution < 1.29 is 4.79 Å². The lowest BCUT2D eigenvalue weighted by Gasteiger charge is -2.46. The summed E-state index contributed by atoms with van der Waals surface area (Å²) in [4.78, 5) is 10.2. The molecular weight excluding hydrogens is 643 g/mol. The van der Waals surface area contributed by atoms with Gasteiger partial charge in [-0.05, 0) is 133 Å². The molecule has 0 aromatic carbocycles. The van der Waals surface area contributed by atoms with Gasteiger partial charge in [0.25, 0.3) is 0 Å². The van der Waals surface area contributed by atoms with Crippen LogP contribution in [0.4, 0.5) is 0 Å². The van der Waals surface area contributed by atoms with Gasteiger partial charge in [-0.2, -0.15) is 0 Å². The van der Waals surface area contributed by atoms with E-state index in [0.717, 1.165) is 43.4 Å². The van der Waals surface area contributed by atoms with Gasteiger partial charge < -0.3 is 10.1 Å². The van der Waals surface area contributed by atoms with Gasteiger partial charge in [0.05, 0.1) is 0 Å². The van der Waals surface area contributed by atoms with Crippen LogP contribution in [0.15, 0.2) is 24.3 Å². The van der Waals surface area contributed by atoms with E-state index in [9.17, 15) is 4.79 Å². The first-order valence-electron chi connectivity index (χ1n) is 24.3. The molecule has 0 heterocycles.